The number of nitrogens with zero attached hydrogens (tertiary/aromatic N) is 4. The first-order valence-electron chi connectivity index (χ1n) is 14.0. The molecule has 3 aromatic heterocycles. The normalized spacial score (nSPS) is 11.3. The molecule has 8 aromatic rings. The molecule has 0 aliphatic carbocycles. The number of rotatable bonds is 4. The Balaban J connectivity index is 1.24. The van der Waals surface area contributed by atoms with Gasteiger partial charge in [0.05, 0.1) is 39.1 Å². The third-order valence-electron chi connectivity index (χ3n) is 7.68. The van der Waals surface area contributed by atoms with Crippen molar-refractivity contribution in [2.24, 2.45) is 0 Å². The van der Waals surface area contributed by atoms with Crippen molar-refractivity contribution in [3.8, 4) is 44.9 Å². The summed E-state index contributed by atoms with van der Waals surface area (Å²) < 4.78 is 0. The Morgan fingerprint density at radius 3 is 1.74 bits per heavy atom. The van der Waals surface area contributed by atoms with E-state index in [0.717, 1.165) is 77.7 Å². The minimum atomic E-state index is 0.859. The van der Waals surface area contributed by atoms with Crippen LogP contribution in [-0.2, 0) is 0 Å². The fraction of sp³-hybridized carbons (Fsp3) is 0. The molecule has 0 saturated carbocycles. The van der Waals surface area contributed by atoms with E-state index in [9.17, 15) is 0 Å². The predicted molar refractivity (Wildman–Crippen MR) is 172 cm³/mol. The molecule has 0 bridgehead atoms. The van der Waals surface area contributed by atoms with Crippen LogP contribution in [0.2, 0.25) is 0 Å². The maximum atomic E-state index is 5.17. The molecule has 0 amide bonds. The number of fused-ring (bicyclic) bond motifs is 4. The second kappa shape index (κ2) is 10.0. The zero-order valence-electron chi connectivity index (χ0n) is 22.6. The quantitative estimate of drug-likeness (QED) is 0.210. The van der Waals surface area contributed by atoms with E-state index in [4.69, 9.17) is 15.0 Å². The SMILES string of the molecule is c1ccc(-c2nc3ccc(-c4cccc(-c5ccc6ccc7cccnc7c6n5)c4)cc3nc2-c2ccccc2)cc1. The highest BCUT2D eigenvalue weighted by Gasteiger charge is 2.14. The minimum Gasteiger partial charge on any atom is -0.254 e. The lowest BCUT2D eigenvalue weighted by molar-refractivity contribution is 1.29. The van der Waals surface area contributed by atoms with Crippen LogP contribution in [0.1, 0.15) is 0 Å². The average molecular weight is 537 g/mol. The largest absolute Gasteiger partial charge is 0.254 e. The van der Waals surface area contributed by atoms with Crippen LogP contribution in [0, 0.1) is 0 Å². The Hall–Kier alpha value is -5.74. The number of hydrogen-bond donors (Lipinski definition) is 0. The van der Waals surface area contributed by atoms with Gasteiger partial charge >= 0.3 is 0 Å². The monoisotopic (exact) mass is 536 g/mol. The second-order valence-electron chi connectivity index (χ2n) is 10.3. The molecular formula is C38H24N4. The van der Waals surface area contributed by atoms with Gasteiger partial charge in [-0.15, -0.1) is 0 Å². The summed E-state index contributed by atoms with van der Waals surface area (Å²) in [5.41, 5.74) is 11.6. The van der Waals surface area contributed by atoms with E-state index in [1.807, 2.05) is 48.7 Å². The van der Waals surface area contributed by atoms with Crippen LogP contribution < -0.4 is 0 Å². The van der Waals surface area contributed by atoms with Gasteiger partial charge in [-0.2, -0.15) is 0 Å². The lowest BCUT2D eigenvalue weighted by Crippen LogP contribution is -1.96. The fourth-order valence-electron chi connectivity index (χ4n) is 5.57. The van der Waals surface area contributed by atoms with Crippen molar-refractivity contribution >= 4 is 32.8 Å². The van der Waals surface area contributed by atoms with Gasteiger partial charge in [-0.05, 0) is 41.5 Å². The van der Waals surface area contributed by atoms with Gasteiger partial charge in [0.15, 0.2) is 0 Å². The van der Waals surface area contributed by atoms with Gasteiger partial charge in [-0.25, -0.2) is 15.0 Å². The molecule has 0 aliphatic heterocycles. The van der Waals surface area contributed by atoms with Crippen molar-refractivity contribution in [1.82, 2.24) is 19.9 Å². The van der Waals surface area contributed by atoms with Gasteiger partial charge in [0, 0.05) is 33.7 Å². The summed E-state index contributed by atoms with van der Waals surface area (Å²) >= 11 is 0. The summed E-state index contributed by atoms with van der Waals surface area (Å²) in [6, 6.07) is 47.8. The molecule has 0 fully saturated rings. The topological polar surface area (TPSA) is 51.6 Å². The van der Waals surface area contributed by atoms with Crippen molar-refractivity contribution in [2.45, 2.75) is 0 Å². The lowest BCUT2D eigenvalue weighted by Gasteiger charge is -2.12. The molecule has 42 heavy (non-hydrogen) atoms. The fourth-order valence-corrected chi connectivity index (χ4v) is 5.57. The summed E-state index contributed by atoms with van der Waals surface area (Å²) in [5.74, 6) is 0. The smallest absolute Gasteiger partial charge is 0.0973 e. The maximum Gasteiger partial charge on any atom is 0.0973 e. The zero-order valence-corrected chi connectivity index (χ0v) is 22.6. The van der Waals surface area contributed by atoms with Crippen molar-refractivity contribution in [3.63, 3.8) is 0 Å². The highest BCUT2D eigenvalue weighted by atomic mass is 14.8. The molecule has 4 heteroatoms. The van der Waals surface area contributed by atoms with Crippen LogP contribution in [0.25, 0.3) is 77.7 Å². The Morgan fingerprint density at radius 2 is 0.976 bits per heavy atom. The summed E-state index contributed by atoms with van der Waals surface area (Å²) in [5, 5.41) is 2.17. The molecule has 0 radical (unpaired) electrons. The molecule has 4 nitrogen and oxygen atoms in total. The van der Waals surface area contributed by atoms with E-state index in [1.165, 1.54) is 0 Å². The van der Waals surface area contributed by atoms with E-state index in [0.29, 0.717) is 0 Å². The molecule has 196 valence electrons. The molecule has 0 atom stereocenters. The minimum absolute atomic E-state index is 0.859. The first-order chi connectivity index (χ1) is 20.8. The standard InChI is InChI=1S/C38H24N4/c1-3-9-25(10-4-1)37-38(26-11-5-2-6-12-26)42-34-24-30(19-21-33(34)41-37)29-13-7-14-31(23-29)32-20-18-28-17-16-27-15-8-22-39-35(27)36(28)40-32/h1-24H. The molecular weight excluding hydrogens is 512 g/mol. The highest BCUT2D eigenvalue weighted by molar-refractivity contribution is 6.03. The third kappa shape index (κ3) is 4.27. The summed E-state index contributed by atoms with van der Waals surface area (Å²) in [6.07, 6.45) is 1.82. The van der Waals surface area contributed by atoms with Crippen molar-refractivity contribution in [1.29, 1.82) is 0 Å². The Labute approximate surface area is 243 Å². The van der Waals surface area contributed by atoms with Crippen molar-refractivity contribution in [2.75, 3.05) is 0 Å². The third-order valence-corrected chi connectivity index (χ3v) is 7.68. The molecule has 5 aromatic carbocycles. The summed E-state index contributed by atoms with van der Waals surface area (Å²) in [6.45, 7) is 0. The van der Waals surface area contributed by atoms with Crippen LogP contribution in [0.3, 0.4) is 0 Å². The molecule has 3 heterocycles. The molecule has 0 spiro atoms. The zero-order chi connectivity index (χ0) is 27.9. The number of pyridine rings is 2. The number of benzene rings is 5. The van der Waals surface area contributed by atoms with Crippen LogP contribution in [0.5, 0.6) is 0 Å². The average Bonchev–Trinajstić information content (AvgIpc) is 3.08. The molecule has 0 saturated heterocycles. The summed E-state index contributed by atoms with van der Waals surface area (Å²) in [4.78, 5) is 19.9. The van der Waals surface area contributed by atoms with Gasteiger partial charge in [0.25, 0.3) is 0 Å². The maximum absolute atomic E-state index is 5.17. The van der Waals surface area contributed by atoms with E-state index < -0.39 is 0 Å². The van der Waals surface area contributed by atoms with Crippen LogP contribution in [0.15, 0.2) is 146 Å². The molecule has 0 aliphatic rings. The first-order valence-corrected chi connectivity index (χ1v) is 14.0. The second-order valence-corrected chi connectivity index (χ2v) is 10.3. The van der Waals surface area contributed by atoms with Gasteiger partial charge < -0.3 is 0 Å². The molecule has 8 rings (SSSR count). The Bertz CT molecular complexity index is 2240. The van der Waals surface area contributed by atoms with E-state index in [1.54, 1.807) is 0 Å². The van der Waals surface area contributed by atoms with Gasteiger partial charge in [0.2, 0.25) is 0 Å². The predicted octanol–water partition coefficient (Wildman–Crippen LogP) is 9.39. The first kappa shape index (κ1) is 24.1. The highest BCUT2D eigenvalue weighted by Crippen LogP contribution is 2.33. The summed E-state index contributed by atoms with van der Waals surface area (Å²) in [7, 11) is 0. The number of hydrogen-bond acceptors (Lipinski definition) is 4. The van der Waals surface area contributed by atoms with E-state index >= 15 is 0 Å². The van der Waals surface area contributed by atoms with Gasteiger partial charge in [0.1, 0.15) is 0 Å². The van der Waals surface area contributed by atoms with Gasteiger partial charge in [-0.1, -0.05) is 109 Å². The Morgan fingerprint density at radius 1 is 0.357 bits per heavy atom. The molecule has 0 N–H and O–H groups in total. The molecule has 0 unspecified atom stereocenters. The van der Waals surface area contributed by atoms with Crippen LogP contribution in [0.4, 0.5) is 0 Å². The van der Waals surface area contributed by atoms with Gasteiger partial charge in [-0.3, -0.25) is 4.98 Å². The van der Waals surface area contributed by atoms with Crippen LogP contribution >= 0.6 is 0 Å². The van der Waals surface area contributed by atoms with E-state index in [-0.39, 0.29) is 0 Å². The Kier molecular flexibility index (Phi) is 5.75. The van der Waals surface area contributed by atoms with E-state index in [2.05, 4.69) is 102 Å². The van der Waals surface area contributed by atoms with Crippen LogP contribution in [-0.4, -0.2) is 19.9 Å². The van der Waals surface area contributed by atoms with Crippen molar-refractivity contribution < 1.29 is 0 Å². The van der Waals surface area contributed by atoms with Crippen molar-refractivity contribution in [3.05, 3.63) is 146 Å². The lowest BCUT2D eigenvalue weighted by atomic mass is 9.99. The number of aromatic nitrogens is 4.